The van der Waals surface area contributed by atoms with Gasteiger partial charge in [0.1, 0.15) is 0 Å². The molecule has 0 radical (unpaired) electrons. The summed E-state index contributed by atoms with van der Waals surface area (Å²) in [6.45, 7) is 1.80. The van der Waals surface area contributed by atoms with Gasteiger partial charge in [0.25, 0.3) is 0 Å². The molecule has 6 heteroatoms. The van der Waals surface area contributed by atoms with Crippen molar-refractivity contribution in [3.8, 4) is 0 Å². The molecule has 0 aliphatic heterocycles. The number of aryl methyl sites for hydroxylation is 1. The molecule has 0 saturated heterocycles. The Morgan fingerprint density at radius 3 is 2.67 bits per heavy atom. The highest BCUT2D eigenvalue weighted by atomic mass is 79.9. The SMILES string of the molecule is Cc1ccc(/C=C/C(=O)NCC(=O)Nc2ccccc2Br)cc1Cl. The van der Waals surface area contributed by atoms with Gasteiger partial charge in [0.15, 0.2) is 0 Å². The maximum atomic E-state index is 11.8. The van der Waals surface area contributed by atoms with E-state index in [0.717, 1.165) is 15.6 Å². The van der Waals surface area contributed by atoms with E-state index in [0.29, 0.717) is 10.7 Å². The summed E-state index contributed by atoms with van der Waals surface area (Å²) in [7, 11) is 0. The lowest BCUT2D eigenvalue weighted by Gasteiger charge is -2.07. The van der Waals surface area contributed by atoms with Crippen molar-refractivity contribution in [3.05, 3.63) is 69.2 Å². The molecular weight excluding hydrogens is 392 g/mol. The number of benzene rings is 2. The zero-order chi connectivity index (χ0) is 17.5. The zero-order valence-electron chi connectivity index (χ0n) is 13.0. The number of carbonyl (C=O) groups excluding carboxylic acids is 2. The van der Waals surface area contributed by atoms with Crippen molar-refractivity contribution in [2.24, 2.45) is 0 Å². The minimum absolute atomic E-state index is 0.112. The van der Waals surface area contributed by atoms with Crippen molar-refractivity contribution >= 4 is 51.1 Å². The topological polar surface area (TPSA) is 58.2 Å². The Kier molecular flexibility index (Phi) is 6.58. The maximum Gasteiger partial charge on any atom is 0.244 e. The van der Waals surface area contributed by atoms with Crippen LogP contribution in [0.4, 0.5) is 5.69 Å². The third-order valence-corrected chi connectivity index (χ3v) is 4.29. The second-order valence-electron chi connectivity index (χ2n) is 5.09. The molecule has 0 saturated carbocycles. The summed E-state index contributed by atoms with van der Waals surface area (Å²) in [4.78, 5) is 23.6. The molecule has 0 aliphatic carbocycles. The highest BCUT2D eigenvalue weighted by Crippen LogP contribution is 2.20. The Morgan fingerprint density at radius 1 is 1.21 bits per heavy atom. The van der Waals surface area contributed by atoms with E-state index in [2.05, 4.69) is 26.6 Å². The summed E-state index contributed by atoms with van der Waals surface area (Å²) in [5.41, 5.74) is 2.45. The molecule has 0 atom stereocenters. The van der Waals surface area contributed by atoms with Crippen LogP contribution in [0.3, 0.4) is 0 Å². The lowest BCUT2D eigenvalue weighted by atomic mass is 10.1. The number of carbonyl (C=O) groups is 2. The molecule has 2 rings (SSSR count). The maximum absolute atomic E-state index is 11.8. The van der Waals surface area contributed by atoms with Gasteiger partial charge in [0.05, 0.1) is 12.2 Å². The lowest BCUT2D eigenvalue weighted by Crippen LogP contribution is -2.31. The molecule has 0 aliphatic rings. The smallest absolute Gasteiger partial charge is 0.244 e. The highest BCUT2D eigenvalue weighted by molar-refractivity contribution is 9.10. The zero-order valence-corrected chi connectivity index (χ0v) is 15.3. The molecule has 0 bridgehead atoms. The van der Waals surface area contributed by atoms with Crippen LogP contribution >= 0.6 is 27.5 Å². The van der Waals surface area contributed by atoms with E-state index in [9.17, 15) is 9.59 Å². The molecule has 0 fully saturated rings. The standard InChI is InChI=1S/C18H16BrClN2O2/c1-12-6-7-13(10-15(12)20)8-9-17(23)21-11-18(24)22-16-5-3-2-4-14(16)19/h2-10H,11H2,1H3,(H,21,23)(H,22,24)/b9-8+. The largest absolute Gasteiger partial charge is 0.343 e. The van der Waals surface area contributed by atoms with Gasteiger partial charge in [-0.2, -0.15) is 0 Å². The van der Waals surface area contributed by atoms with E-state index in [1.54, 1.807) is 18.2 Å². The van der Waals surface area contributed by atoms with Gasteiger partial charge in [-0.25, -0.2) is 0 Å². The lowest BCUT2D eigenvalue weighted by molar-refractivity contribution is -0.121. The fourth-order valence-corrected chi connectivity index (χ4v) is 2.44. The number of hydrogen-bond donors (Lipinski definition) is 2. The predicted octanol–water partition coefficient (Wildman–Crippen LogP) is 4.18. The Balaban J connectivity index is 1.84. The van der Waals surface area contributed by atoms with Crippen molar-refractivity contribution in [2.75, 3.05) is 11.9 Å². The Labute approximate surface area is 154 Å². The summed E-state index contributed by atoms with van der Waals surface area (Å²) in [5.74, 6) is -0.656. The van der Waals surface area contributed by atoms with Crippen molar-refractivity contribution in [2.45, 2.75) is 6.92 Å². The van der Waals surface area contributed by atoms with Gasteiger partial charge >= 0.3 is 0 Å². The quantitative estimate of drug-likeness (QED) is 0.731. The number of para-hydroxylation sites is 1. The van der Waals surface area contributed by atoms with Gasteiger partial charge in [-0.3, -0.25) is 9.59 Å². The summed E-state index contributed by atoms with van der Waals surface area (Å²) in [6.07, 6.45) is 3.01. The predicted molar refractivity (Wildman–Crippen MR) is 101 cm³/mol. The summed E-state index contributed by atoms with van der Waals surface area (Å²) < 4.78 is 0.779. The Morgan fingerprint density at radius 2 is 1.96 bits per heavy atom. The molecule has 0 heterocycles. The van der Waals surface area contributed by atoms with Crippen molar-refractivity contribution in [3.63, 3.8) is 0 Å². The number of halogens is 2. The van der Waals surface area contributed by atoms with Gasteiger partial charge in [0.2, 0.25) is 11.8 Å². The summed E-state index contributed by atoms with van der Waals surface area (Å²) in [5, 5.41) is 5.89. The number of hydrogen-bond acceptors (Lipinski definition) is 2. The minimum atomic E-state index is -0.353. The van der Waals surface area contributed by atoms with Crippen LogP contribution in [0.15, 0.2) is 53.0 Å². The average Bonchev–Trinajstić information content (AvgIpc) is 2.56. The van der Waals surface area contributed by atoms with Crippen molar-refractivity contribution < 1.29 is 9.59 Å². The van der Waals surface area contributed by atoms with Crippen LogP contribution in [-0.4, -0.2) is 18.4 Å². The second kappa shape index (κ2) is 8.66. The second-order valence-corrected chi connectivity index (χ2v) is 6.35. The number of rotatable bonds is 5. The van der Waals surface area contributed by atoms with Gasteiger partial charge < -0.3 is 10.6 Å². The van der Waals surface area contributed by atoms with Gasteiger partial charge in [-0.1, -0.05) is 35.9 Å². The van der Waals surface area contributed by atoms with E-state index in [-0.39, 0.29) is 18.4 Å². The third-order valence-electron chi connectivity index (χ3n) is 3.19. The van der Waals surface area contributed by atoms with Crippen LogP contribution in [0.1, 0.15) is 11.1 Å². The fourth-order valence-electron chi connectivity index (χ4n) is 1.87. The summed E-state index contributed by atoms with van der Waals surface area (Å²) >= 11 is 9.37. The number of anilines is 1. The number of amides is 2. The molecule has 0 aromatic heterocycles. The van der Waals surface area contributed by atoms with Crippen LogP contribution in [-0.2, 0) is 9.59 Å². The molecular formula is C18H16BrClN2O2. The van der Waals surface area contributed by atoms with Gasteiger partial charge in [0, 0.05) is 15.6 Å². The van der Waals surface area contributed by atoms with Crippen LogP contribution < -0.4 is 10.6 Å². The van der Waals surface area contributed by atoms with Gasteiger partial charge in [-0.15, -0.1) is 0 Å². The van der Waals surface area contributed by atoms with Crippen LogP contribution in [0.2, 0.25) is 5.02 Å². The molecule has 24 heavy (non-hydrogen) atoms. The molecule has 2 N–H and O–H groups in total. The van der Waals surface area contributed by atoms with Gasteiger partial charge in [-0.05, 0) is 58.3 Å². The molecule has 0 unspecified atom stereocenters. The van der Waals surface area contributed by atoms with E-state index in [1.807, 2.05) is 37.3 Å². The fraction of sp³-hybridized carbons (Fsp3) is 0.111. The van der Waals surface area contributed by atoms with Crippen LogP contribution in [0, 0.1) is 6.92 Å². The normalized spacial score (nSPS) is 10.6. The first-order valence-corrected chi connectivity index (χ1v) is 8.39. The third kappa shape index (κ3) is 5.51. The summed E-state index contributed by atoms with van der Waals surface area (Å²) in [6, 6.07) is 12.8. The van der Waals surface area contributed by atoms with Crippen LogP contribution in [0.25, 0.3) is 6.08 Å². The molecule has 2 aromatic carbocycles. The Bertz CT molecular complexity index is 790. The molecule has 0 spiro atoms. The average molecular weight is 408 g/mol. The Hall–Kier alpha value is -2.11. The first kappa shape index (κ1) is 18.2. The monoisotopic (exact) mass is 406 g/mol. The molecule has 2 aromatic rings. The molecule has 2 amide bonds. The minimum Gasteiger partial charge on any atom is -0.343 e. The van der Waals surface area contributed by atoms with Crippen LogP contribution in [0.5, 0.6) is 0 Å². The highest BCUT2D eigenvalue weighted by Gasteiger charge is 2.06. The number of nitrogens with one attached hydrogen (secondary N) is 2. The molecule has 124 valence electrons. The van der Waals surface area contributed by atoms with Crippen molar-refractivity contribution in [1.82, 2.24) is 5.32 Å². The van der Waals surface area contributed by atoms with E-state index >= 15 is 0 Å². The van der Waals surface area contributed by atoms with E-state index in [4.69, 9.17) is 11.6 Å². The van der Waals surface area contributed by atoms with E-state index in [1.165, 1.54) is 6.08 Å². The first-order chi connectivity index (χ1) is 11.5. The first-order valence-electron chi connectivity index (χ1n) is 7.22. The van der Waals surface area contributed by atoms with Crippen molar-refractivity contribution in [1.29, 1.82) is 0 Å². The van der Waals surface area contributed by atoms with E-state index < -0.39 is 0 Å². The molecule has 4 nitrogen and oxygen atoms in total.